The summed E-state index contributed by atoms with van der Waals surface area (Å²) in [7, 11) is 1.24. The van der Waals surface area contributed by atoms with E-state index in [0.29, 0.717) is 18.4 Å². The Labute approximate surface area is 146 Å². The smallest absolute Gasteiger partial charge is 0.328 e. The van der Waals surface area contributed by atoms with Crippen molar-refractivity contribution >= 4 is 17.8 Å². The zero-order chi connectivity index (χ0) is 18.8. The second-order valence-corrected chi connectivity index (χ2v) is 5.53. The highest BCUT2D eigenvalue weighted by Crippen LogP contribution is 2.08. The molecule has 2 atom stereocenters. The maximum Gasteiger partial charge on any atom is 0.328 e. The van der Waals surface area contributed by atoms with E-state index in [9.17, 15) is 18.8 Å². The van der Waals surface area contributed by atoms with Gasteiger partial charge >= 0.3 is 5.97 Å². The van der Waals surface area contributed by atoms with Crippen LogP contribution in [0, 0.1) is 5.82 Å². The van der Waals surface area contributed by atoms with E-state index < -0.39 is 24.0 Å². The molecule has 0 aliphatic heterocycles. The van der Waals surface area contributed by atoms with Gasteiger partial charge in [-0.2, -0.15) is 0 Å². The molecule has 0 unspecified atom stereocenters. The number of hydrogen-bond acceptors (Lipinski definition) is 4. The Morgan fingerprint density at radius 2 is 1.84 bits per heavy atom. The van der Waals surface area contributed by atoms with E-state index in [1.807, 2.05) is 0 Å². The predicted molar refractivity (Wildman–Crippen MR) is 91.1 cm³/mol. The fraction of sp³-hybridized carbons (Fsp3) is 0.389. The van der Waals surface area contributed by atoms with Crippen LogP contribution in [0.4, 0.5) is 4.39 Å². The summed E-state index contributed by atoms with van der Waals surface area (Å²) in [6.45, 7) is 4.87. The lowest BCUT2D eigenvalue weighted by atomic mass is 10.0. The van der Waals surface area contributed by atoms with Crippen molar-refractivity contribution in [2.24, 2.45) is 0 Å². The molecule has 1 rings (SSSR count). The van der Waals surface area contributed by atoms with E-state index in [2.05, 4.69) is 21.9 Å². The summed E-state index contributed by atoms with van der Waals surface area (Å²) in [5, 5.41) is 5.13. The molecule has 2 amide bonds. The van der Waals surface area contributed by atoms with Gasteiger partial charge in [0.1, 0.15) is 17.9 Å². The van der Waals surface area contributed by atoms with Crippen LogP contribution >= 0.6 is 0 Å². The van der Waals surface area contributed by atoms with Crippen LogP contribution in [-0.4, -0.2) is 37.0 Å². The van der Waals surface area contributed by atoms with Crippen molar-refractivity contribution in [1.29, 1.82) is 0 Å². The molecule has 0 saturated carbocycles. The molecule has 136 valence electrons. The van der Waals surface area contributed by atoms with Gasteiger partial charge in [0.25, 0.3) is 0 Å². The lowest BCUT2D eigenvalue weighted by Crippen LogP contribution is -2.52. The number of benzene rings is 1. The van der Waals surface area contributed by atoms with E-state index >= 15 is 0 Å². The largest absolute Gasteiger partial charge is 0.467 e. The van der Waals surface area contributed by atoms with Crippen molar-refractivity contribution in [2.75, 3.05) is 7.11 Å². The van der Waals surface area contributed by atoms with Crippen molar-refractivity contribution in [3.05, 3.63) is 48.3 Å². The SMILES string of the molecule is C=CCC[C@H](NC(=O)[C@H](Cc1ccc(F)cc1)NC(C)=O)C(=O)OC. The molecule has 6 nitrogen and oxygen atoms in total. The molecule has 0 aromatic heterocycles. The number of carbonyl (C=O) groups is 3. The molecule has 0 heterocycles. The van der Waals surface area contributed by atoms with E-state index in [0.717, 1.165) is 0 Å². The van der Waals surface area contributed by atoms with Gasteiger partial charge in [0.2, 0.25) is 11.8 Å². The first kappa shape index (κ1) is 20.3. The number of amides is 2. The molecule has 0 fully saturated rings. The minimum absolute atomic E-state index is 0.168. The number of allylic oxidation sites excluding steroid dienone is 1. The Morgan fingerprint density at radius 3 is 2.36 bits per heavy atom. The first-order valence-electron chi connectivity index (χ1n) is 7.88. The number of esters is 1. The van der Waals surface area contributed by atoms with Crippen molar-refractivity contribution in [1.82, 2.24) is 10.6 Å². The van der Waals surface area contributed by atoms with Gasteiger partial charge in [-0.3, -0.25) is 9.59 Å². The Morgan fingerprint density at radius 1 is 1.20 bits per heavy atom. The topological polar surface area (TPSA) is 84.5 Å². The lowest BCUT2D eigenvalue weighted by Gasteiger charge is -2.21. The average molecular weight is 350 g/mol. The molecule has 2 N–H and O–H groups in total. The van der Waals surface area contributed by atoms with Gasteiger partial charge in [-0.25, -0.2) is 9.18 Å². The van der Waals surface area contributed by atoms with Crippen LogP contribution in [0.5, 0.6) is 0 Å². The van der Waals surface area contributed by atoms with Crippen LogP contribution in [0.25, 0.3) is 0 Å². The van der Waals surface area contributed by atoms with Crippen LogP contribution in [0.2, 0.25) is 0 Å². The highest BCUT2D eigenvalue weighted by Gasteiger charge is 2.26. The van der Waals surface area contributed by atoms with Crippen LogP contribution in [0.1, 0.15) is 25.3 Å². The maximum absolute atomic E-state index is 13.0. The van der Waals surface area contributed by atoms with Crippen LogP contribution in [0.3, 0.4) is 0 Å². The van der Waals surface area contributed by atoms with Gasteiger partial charge in [-0.1, -0.05) is 18.2 Å². The van der Waals surface area contributed by atoms with E-state index in [1.54, 1.807) is 6.08 Å². The summed E-state index contributed by atoms with van der Waals surface area (Å²) in [5.41, 5.74) is 0.677. The number of halogens is 1. The Kier molecular flexibility index (Phi) is 8.32. The third kappa shape index (κ3) is 7.15. The zero-order valence-electron chi connectivity index (χ0n) is 14.4. The van der Waals surface area contributed by atoms with Gasteiger partial charge in [-0.15, -0.1) is 6.58 Å². The molecule has 0 spiro atoms. The number of ether oxygens (including phenoxy) is 1. The van der Waals surface area contributed by atoms with Crippen molar-refractivity contribution in [3.8, 4) is 0 Å². The van der Waals surface area contributed by atoms with Gasteiger partial charge < -0.3 is 15.4 Å². The van der Waals surface area contributed by atoms with Crippen LogP contribution in [-0.2, 0) is 25.5 Å². The third-order valence-electron chi connectivity index (χ3n) is 3.51. The summed E-state index contributed by atoms with van der Waals surface area (Å²) in [4.78, 5) is 35.7. The number of rotatable bonds is 9. The Balaban J connectivity index is 2.86. The molecule has 7 heteroatoms. The third-order valence-corrected chi connectivity index (χ3v) is 3.51. The fourth-order valence-corrected chi connectivity index (χ4v) is 2.26. The average Bonchev–Trinajstić information content (AvgIpc) is 2.58. The van der Waals surface area contributed by atoms with E-state index in [1.165, 1.54) is 38.3 Å². The number of carbonyl (C=O) groups excluding carboxylic acids is 3. The minimum atomic E-state index is -0.890. The summed E-state index contributed by atoms with van der Waals surface area (Å²) in [6.07, 6.45) is 2.65. The monoisotopic (exact) mass is 350 g/mol. The highest BCUT2D eigenvalue weighted by atomic mass is 19.1. The standard InChI is InChI=1S/C18H23FN2O4/c1-4-5-6-15(18(24)25-3)21-17(23)16(20-12(2)22)11-13-7-9-14(19)10-8-13/h4,7-10,15-16H,1,5-6,11H2,2-3H3,(H,20,22)(H,21,23)/t15-,16-/m0/s1. The molecule has 0 radical (unpaired) electrons. The number of nitrogens with one attached hydrogen (secondary N) is 2. The second-order valence-electron chi connectivity index (χ2n) is 5.53. The number of hydrogen-bond donors (Lipinski definition) is 2. The summed E-state index contributed by atoms with van der Waals surface area (Å²) >= 11 is 0. The molecule has 0 bridgehead atoms. The second kappa shape index (κ2) is 10.2. The molecular weight excluding hydrogens is 327 g/mol. The zero-order valence-corrected chi connectivity index (χ0v) is 14.4. The normalized spacial score (nSPS) is 12.6. The van der Waals surface area contributed by atoms with Gasteiger partial charge in [-0.05, 0) is 30.5 Å². The highest BCUT2D eigenvalue weighted by molar-refractivity contribution is 5.90. The molecule has 0 aliphatic rings. The van der Waals surface area contributed by atoms with Crippen molar-refractivity contribution in [3.63, 3.8) is 0 Å². The molecule has 0 saturated heterocycles. The molecule has 25 heavy (non-hydrogen) atoms. The minimum Gasteiger partial charge on any atom is -0.467 e. The quantitative estimate of drug-likeness (QED) is 0.522. The Hall–Kier alpha value is -2.70. The lowest BCUT2D eigenvalue weighted by molar-refractivity contribution is -0.145. The number of methoxy groups -OCH3 is 1. The van der Waals surface area contributed by atoms with Crippen molar-refractivity contribution < 1.29 is 23.5 Å². The molecule has 1 aromatic carbocycles. The van der Waals surface area contributed by atoms with E-state index in [4.69, 9.17) is 0 Å². The molecule has 1 aromatic rings. The summed E-state index contributed by atoms with van der Waals surface area (Å²) < 4.78 is 17.7. The first-order valence-corrected chi connectivity index (χ1v) is 7.88. The summed E-state index contributed by atoms with van der Waals surface area (Å²) in [5.74, 6) is -1.86. The first-order chi connectivity index (χ1) is 11.9. The van der Waals surface area contributed by atoms with Crippen LogP contribution in [0.15, 0.2) is 36.9 Å². The Bertz CT molecular complexity index is 616. The van der Waals surface area contributed by atoms with Gasteiger partial charge in [0.15, 0.2) is 0 Å². The van der Waals surface area contributed by atoms with Gasteiger partial charge in [0, 0.05) is 13.3 Å². The molecule has 0 aliphatic carbocycles. The van der Waals surface area contributed by atoms with E-state index in [-0.39, 0.29) is 18.1 Å². The maximum atomic E-state index is 13.0. The summed E-state index contributed by atoms with van der Waals surface area (Å²) in [6, 6.07) is 3.90. The van der Waals surface area contributed by atoms with Gasteiger partial charge in [0.05, 0.1) is 7.11 Å². The molecular formula is C18H23FN2O4. The van der Waals surface area contributed by atoms with Crippen LogP contribution < -0.4 is 10.6 Å². The fourth-order valence-electron chi connectivity index (χ4n) is 2.26. The predicted octanol–water partition coefficient (Wildman–Crippen LogP) is 1.50. The van der Waals surface area contributed by atoms with Crippen molar-refractivity contribution in [2.45, 2.75) is 38.3 Å².